The summed E-state index contributed by atoms with van der Waals surface area (Å²) in [4.78, 5) is 13.9. The fourth-order valence-electron chi connectivity index (χ4n) is 2.86. The van der Waals surface area contributed by atoms with Crippen molar-refractivity contribution in [3.05, 3.63) is 59.8 Å². The Hall–Kier alpha value is -2.34. The molecular formula is C18H21FN2O3. The third-order valence-corrected chi connectivity index (χ3v) is 4.17. The number of rotatable bonds is 5. The largest absolute Gasteiger partial charge is 0.469 e. The van der Waals surface area contributed by atoms with Gasteiger partial charge in [0.1, 0.15) is 11.6 Å². The summed E-state index contributed by atoms with van der Waals surface area (Å²) in [7, 11) is 0. The van der Waals surface area contributed by atoms with Gasteiger partial charge in [0.15, 0.2) is 0 Å². The zero-order chi connectivity index (χ0) is 16.8. The number of nitrogens with zero attached hydrogens (tertiary/aromatic N) is 1. The molecule has 2 aromatic rings. The molecule has 1 aliphatic heterocycles. The average molecular weight is 332 g/mol. The van der Waals surface area contributed by atoms with E-state index in [1.165, 1.54) is 12.1 Å². The Kier molecular flexibility index (Phi) is 5.48. The van der Waals surface area contributed by atoms with Crippen LogP contribution >= 0.6 is 0 Å². The van der Waals surface area contributed by atoms with Crippen LogP contribution in [0, 0.1) is 5.82 Å². The minimum Gasteiger partial charge on any atom is -0.469 e. The molecule has 0 aliphatic carbocycles. The van der Waals surface area contributed by atoms with E-state index in [2.05, 4.69) is 5.32 Å². The van der Waals surface area contributed by atoms with Gasteiger partial charge in [-0.05, 0) is 36.2 Å². The van der Waals surface area contributed by atoms with Crippen molar-refractivity contribution < 1.29 is 18.3 Å². The number of hydrogen-bond donors (Lipinski definition) is 1. The van der Waals surface area contributed by atoms with Crippen LogP contribution in [-0.2, 0) is 4.74 Å². The highest BCUT2D eigenvalue weighted by Gasteiger charge is 2.19. The average Bonchev–Trinajstić information content (AvgIpc) is 3.15. The number of urea groups is 1. The summed E-state index contributed by atoms with van der Waals surface area (Å²) in [6.07, 6.45) is 2.30. The number of morpholine rings is 1. The molecule has 1 N–H and O–H groups in total. The lowest BCUT2D eigenvalue weighted by Crippen LogP contribution is -2.46. The van der Waals surface area contributed by atoms with Gasteiger partial charge in [0.25, 0.3) is 0 Å². The molecular weight excluding hydrogens is 311 g/mol. The highest BCUT2D eigenvalue weighted by Crippen LogP contribution is 2.28. The topological polar surface area (TPSA) is 54.7 Å². The lowest BCUT2D eigenvalue weighted by atomic mass is 9.93. The SMILES string of the molecule is O=C(NCC[C@H](c1ccc(F)cc1)c1ccco1)N1CCOCC1. The van der Waals surface area contributed by atoms with Gasteiger partial charge in [-0.1, -0.05) is 12.1 Å². The van der Waals surface area contributed by atoms with E-state index in [1.807, 2.05) is 12.1 Å². The third-order valence-electron chi connectivity index (χ3n) is 4.17. The molecule has 1 saturated heterocycles. The Morgan fingerprint density at radius 2 is 1.96 bits per heavy atom. The number of carbonyl (C=O) groups excluding carboxylic acids is 1. The first-order valence-electron chi connectivity index (χ1n) is 8.13. The third kappa shape index (κ3) is 4.14. The number of halogens is 1. The van der Waals surface area contributed by atoms with Gasteiger partial charge in [-0.3, -0.25) is 0 Å². The summed E-state index contributed by atoms with van der Waals surface area (Å²) in [6.45, 7) is 2.91. The molecule has 2 amide bonds. The molecule has 3 rings (SSSR count). The Balaban J connectivity index is 1.60. The number of carbonyl (C=O) groups is 1. The van der Waals surface area contributed by atoms with E-state index in [9.17, 15) is 9.18 Å². The molecule has 0 saturated carbocycles. The normalized spacial score (nSPS) is 16.0. The van der Waals surface area contributed by atoms with Crippen LogP contribution < -0.4 is 5.32 Å². The second-order valence-corrected chi connectivity index (χ2v) is 5.74. The summed E-state index contributed by atoms with van der Waals surface area (Å²) in [5, 5.41) is 2.94. The van der Waals surface area contributed by atoms with Crippen molar-refractivity contribution in [2.45, 2.75) is 12.3 Å². The predicted octanol–water partition coefficient (Wildman–Crippen LogP) is 2.98. The van der Waals surface area contributed by atoms with Gasteiger partial charge in [0.05, 0.1) is 19.5 Å². The van der Waals surface area contributed by atoms with Crippen LogP contribution in [0.1, 0.15) is 23.7 Å². The molecule has 1 aliphatic rings. The van der Waals surface area contributed by atoms with Crippen LogP contribution in [-0.4, -0.2) is 43.8 Å². The number of benzene rings is 1. The fraction of sp³-hybridized carbons (Fsp3) is 0.389. The van der Waals surface area contributed by atoms with Gasteiger partial charge in [-0.15, -0.1) is 0 Å². The molecule has 0 unspecified atom stereocenters. The summed E-state index contributed by atoms with van der Waals surface area (Å²) >= 11 is 0. The number of hydrogen-bond acceptors (Lipinski definition) is 3. The molecule has 6 heteroatoms. The van der Waals surface area contributed by atoms with E-state index < -0.39 is 0 Å². The van der Waals surface area contributed by atoms with Gasteiger partial charge in [0.2, 0.25) is 0 Å². The number of furan rings is 1. The van der Waals surface area contributed by atoms with Crippen LogP contribution in [0.3, 0.4) is 0 Å². The van der Waals surface area contributed by atoms with Crippen molar-refractivity contribution in [1.82, 2.24) is 10.2 Å². The molecule has 24 heavy (non-hydrogen) atoms. The molecule has 1 aromatic heterocycles. The summed E-state index contributed by atoms with van der Waals surface area (Å²) in [6, 6.07) is 10.1. The first kappa shape index (κ1) is 16.5. The monoisotopic (exact) mass is 332 g/mol. The minimum absolute atomic E-state index is 0.0226. The Bertz CT molecular complexity index is 637. The van der Waals surface area contributed by atoms with Crippen LogP contribution in [0.5, 0.6) is 0 Å². The summed E-state index contributed by atoms with van der Waals surface area (Å²) in [5.41, 5.74) is 0.965. The van der Waals surface area contributed by atoms with Crippen LogP contribution in [0.4, 0.5) is 9.18 Å². The number of amides is 2. The first-order valence-corrected chi connectivity index (χ1v) is 8.13. The summed E-state index contributed by atoms with van der Waals surface area (Å²) in [5.74, 6) is 0.519. The highest BCUT2D eigenvalue weighted by atomic mass is 19.1. The standard InChI is InChI=1S/C18H21FN2O3/c19-15-5-3-14(4-6-15)16(17-2-1-11-24-17)7-8-20-18(22)21-9-12-23-13-10-21/h1-6,11,16H,7-10,12-13H2,(H,20,22)/t16-/m1/s1. The zero-order valence-electron chi connectivity index (χ0n) is 13.4. The number of ether oxygens (including phenoxy) is 1. The smallest absolute Gasteiger partial charge is 0.317 e. The maximum atomic E-state index is 13.2. The second-order valence-electron chi connectivity index (χ2n) is 5.74. The predicted molar refractivity (Wildman–Crippen MR) is 87.4 cm³/mol. The fourth-order valence-corrected chi connectivity index (χ4v) is 2.86. The van der Waals surface area contributed by atoms with Crippen molar-refractivity contribution in [3.8, 4) is 0 Å². The molecule has 1 atom stereocenters. The molecule has 5 nitrogen and oxygen atoms in total. The van der Waals surface area contributed by atoms with Crippen LogP contribution in [0.25, 0.3) is 0 Å². The lowest BCUT2D eigenvalue weighted by Gasteiger charge is -2.27. The lowest BCUT2D eigenvalue weighted by molar-refractivity contribution is 0.0532. The molecule has 2 heterocycles. The minimum atomic E-state index is -0.266. The maximum Gasteiger partial charge on any atom is 0.317 e. The van der Waals surface area contributed by atoms with E-state index >= 15 is 0 Å². The van der Waals surface area contributed by atoms with Gasteiger partial charge in [0, 0.05) is 25.6 Å². The van der Waals surface area contributed by atoms with Crippen molar-refractivity contribution >= 4 is 6.03 Å². The molecule has 0 bridgehead atoms. The first-order chi connectivity index (χ1) is 11.7. The van der Waals surface area contributed by atoms with Crippen molar-refractivity contribution in [2.24, 2.45) is 0 Å². The van der Waals surface area contributed by atoms with E-state index in [-0.39, 0.29) is 17.8 Å². The van der Waals surface area contributed by atoms with Gasteiger partial charge in [-0.2, -0.15) is 0 Å². The van der Waals surface area contributed by atoms with Crippen molar-refractivity contribution in [2.75, 3.05) is 32.8 Å². The Labute approximate surface area is 140 Å². The van der Waals surface area contributed by atoms with Crippen molar-refractivity contribution in [1.29, 1.82) is 0 Å². The van der Waals surface area contributed by atoms with E-state index in [1.54, 1.807) is 23.3 Å². The highest BCUT2D eigenvalue weighted by molar-refractivity contribution is 5.74. The Morgan fingerprint density at radius 1 is 1.21 bits per heavy atom. The van der Waals surface area contributed by atoms with E-state index in [0.29, 0.717) is 39.3 Å². The zero-order valence-corrected chi connectivity index (χ0v) is 13.4. The molecule has 1 aromatic carbocycles. The van der Waals surface area contributed by atoms with Gasteiger partial charge in [-0.25, -0.2) is 9.18 Å². The second kappa shape index (κ2) is 7.97. The maximum absolute atomic E-state index is 13.2. The Morgan fingerprint density at radius 3 is 2.62 bits per heavy atom. The van der Waals surface area contributed by atoms with E-state index in [0.717, 1.165) is 11.3 Å². The molecule has 0 radical (unpaired) electrons. The molecule has 0 spiro atoms. The molecule has 128 valence electrons. The van der Waals surface area contributed by atoms with Crippen LogP contribution in [0.2, 0.25) is 0 Å². The molecule has 1 fully saturated rings. The van der Waals surface area contributed by atoms with Gasteiger partial charge >= 0.3 is 6.03 Å². The quantitative estimate of drug-likeness (QED) is 0.916. The van der Waals surface area contributed by atoms with E-state index in [4.69, 9.17) is 9.15 Å². The number of nitrogens with one attached hydrogen (secondary N) is 1. The van der Waals surface area contributed by atoms with Crippen molar-refractivity contribution in [3.63, 3.8) is 0 Å². The van der Waals surface area contributed by atoms with Crippen LogP contribution in [0.15, 0.2) is 47.1 Å². The van der Waals surface area contributed by atoms with Gasteiger partial charge < -0.3 is 19.4 Å². The summed E-state index contributed by atoms with van der Waals surface area (Å²) < 4.78 is 23.9.